The monoisotopic (exact) mass is 432 g/mol. The maximum atomic E-state index is 13.2. The zero-order valence-electron chi connectivity index (χ0n) is 15.2. The molecule has 2 amide bonds. The van der Waals surface area contributed by atoms with Gasteiger partial charge in [0, 0.05) is 28.0 Å². The molecule has 0 saturated heterocycles. The first-order valence-electron chi connectivity index (χ1n) is 8.64. The highest BCUT2D eigenvalue weighted by Gasteiger charge is 2.14. The average molecular weight is 433 g/mol. The van der Waals surface area contributed by atoms with Crippen molar-refractivity contribution >= 4 is 39.6 Å². The molecule has 148 valence electrons. The van der Waals surface area contributed by atoms with E-state index in [4.69, 9.17) is 11.6 Å². The lowest BCUT2D eigenvalue weighted by molar-refractivity contribution is 0.252. The maximum absolute atomic E-state index is 13.2. The number of urea groups is 1. The summed E-state index contributed by atoms with van der Waals surface area (Å²) < 4.78 is 28.2. The van der Waals surface area contributed by atoms with E-state index in [0.717, 1.165) is 26.8 Å². The van der Waals surface area contributed by atoms with Crippen molar-refractivity contribution in [3.8, 4) is 11.3 Å². The number of nitrogens with one attached hydrogen (secondary N) is 2. The molecule has 0 aliphatic carbocycles. The minimum atomic E-state index is -0.546. The summed E-state index contributed by atoms with van der Waals surface area (Å²) >= 11 is 7.17. The smallest absolute Gasteiger partial charge is 0.319 e. The largest absolute Gasteiger partial charge is 0.333 e. The van der Waals surface area contributed by atoms with Gasteiger partial charge in [-0.2, -0.15) is 0 Å². The number of halogens is 3. The number of imidazole rings is 1. The lowest BCUT2D eigenvalue weighted by Crippen LogP contribution is -2.28. The van der Waals surface area contributed by atoms with Crippen LogP contribution in [0, 0.1) is 18.6 Å². The van der Waals surface area contributed by atoms with E-state index in [0.29, 0.717) is 12.2 Å². The maximum Gasteiger partial charge on any atom is 0.319 e. The Bertz CT molecular complexity index is 1200. The van der Waals surface area contributed by atoms with Crippen molar-refractivity contribution in [2.24, 2.45) is 0 Å². The van der Waals surface area contributed by atoms with Gasteiger partial charge in [-0.25, -0.2) is 18.6 Å². The molecular formula is C20H15ClF2N4OS. The molecule has 0 fully saturated rings. The second-order valence-corrected chi connectivity index (χ2v) is 7.80. The number of fused-ring (bicyclic) bond motifs is 1. The molecule has 2 N–H and O–H groups in total. The third-order valence-corrected chi connectivity index (χ3v) is 5.83. The fourth-order valence-corrected chi connectivity index (χ4v) is 4.05. The number of carbonyl (C=O) groups is 1. The highest BCUT2D eigenvalue weighted by atomic mass is 35.5. The molecule has 4 aromatic rings. The van der Waals surface area contributed by atoms with Crippen LogP contribution in [-0.2, 0) is 6.54 Å². The van der Waals surface area contributed by atoms with Crippen LogP contribution < -0.4 is 10.6 Å². The molecule has 29 heavy (non-hydrogen) atoms. The van der Waals surface area contributed by atoms with Gasteiger partial charge in [0.25, 0.3) is 0 Å². The van der Waals surface area contributed by atoms with Gasteiger partial charge in [-0.1, -0.05) is 22.9 Å². The number of aromatic nitrogens is 2. The Kier molecular flexibility index (Phi) is 5.21. The van der Waals surface area contributed by atoms with Gasteiger partial charge in [-0.05, 0) is 49.4 Å². The number of thiazole rings is 1. The first kappa shape index (κ1) is 19.4. The first-order chi connectivity index (χ1) is 13.9. The Morgan fingerprint density at radius 1 is 1.21 bits per heavy atom. The summed E-state index contributed by atoms with van der Waals surface area (Å²) in [4.78, 5) is 18.4. The Hall–Kier alpha value is -2.97. The highest BCUT2D eigenvalue weighted by molar-refractivity contribution is 7.17. The fourth-order valence-electron chi connectivity index (χ4n) is 2.83. The van der Waals surface area contributed by atoms with Crippen LogP contribution in [0.3, 0.4) is 0 Å². The molecule has 9 heteroatoms. The zero-order valence-corrected chi connectivity index (χ0v) is 16.7. The molecule has 4 rings (SSSR count). The summed E-state index contributed by atoms with van der Waals surface area (Å²) in [5.74, 6) is -0.837. The second kappa shape index (κ2) is 7.81. The summed E-state index contributed by atoms with van der Waals surface area (Å²) in [6, 6.07) is 9.72. The number of aryl methyl sites for hydroxylation is 1. The molecule has 0 aliphatic rings. The number of anilines is 1. The van der Waals surface area contributed by atoms with Gasteiger partial charge in [-0.15, -0.1) is 0 Å². The van der Waals surface area contributed by atoms with Crippen LogP contribution >= 0.6 is 22.9 Å². The van der Waals surface area contributed by atoms with Crippen LogP contribution in [0.4, 0.5) is 19.3 Å². The van der Waals surface area contributed by atoms with E-state index < -0.39 is 11.8 Å². The van der Waals surface area contributed by atoms with Gasteiger partial charge in [-0.3, -0.25) is 4.40 Å². The van der Waals surface area contributed by atoms with E-state index in [-0.39, 0.29) is 10.8 Å². The second-order valence-electron chi connectivity index (χ2n) is 6.33. The fraction of sp³-hybridized carbons (Fsp3) is 0.100. The molecule has 2 heterocycles. The third kappa shape index (κ3) is 4.08. The number of hydrogen-bond donors (Lipinski definition) is 2. The Labute approximate surface area is 174 Å². The standard InChI is InChI=1S/C20H15ClF2N4OS/c1-11-18(9-24-19(28)25-14-6-7-16(23)15(21)8-14)29-20-26-17(10-27(11)20)12-2-4-13(22)5-3-12/h2-8,10H,9H2,1H3,(H2,24,25,28). The quantitative estimate of drug-likeness (QED) is 0.439. The third-order valence-electron chi connectivity index (χ3n) is 4.38. The van der Waals surface area contributed by atoms with E-state index in [1.807, 2.05) is 17.5 Å². The number of rotatable bonds is 4. The molecule has 0 spiro atoms. The summed E-state index contributed by atoms with van der Waals surface area (Å²) in [6.07, 6.45) is 1.89. The summed E-state index contributed by atoms with van der Waals surface area (Å²) in [5.41, 5.74) is 2.94. The average Bonchev–Trinajstić information content (AvgIpc) is 3.23. The van der Waals surface area contributed by atoms with Crippen molar-refractivity contribution < 1.29 is 13.6 Å². The van der Waals surface area contributed by atoms with Crippen molar-refractivity contribution in [3.63, 3.8) is 0 Å². The van der Waals surface area contributed by atoms with Crippen LogP contribution in [-0.4, -0.2) is 15.4 Å². The predicted molar refractivity (Wildman–Crippen MR) is 110 cm³/mol. The van der Waals surface area contributed by atoms with E-state index in [9.17, 15) is 13.6 Å². The summed E-state index contributed by atoms with van der Waals surface area (Å²) in [7, 11) is 0. The highest BCUT2D eigenvalue weighted by Crippen LogP contribution is 2.27. The number of benzene rings is 2. The number of amides is 2. The Balaban J connectivity index is 1.45. The zero-order chi connectivity index (χ0) is 20.5. The molecule has 0 aliphatic heterocycles. The van der Waals surface area contributed by atoms with Crippen LogP contribution in [0.5, 0.6) is 0 Å². The van der Waals surface area contributed by atoms with Crippen molar-refractivity contribution in [2.45, 2.75) is 13.5 Å². The summed E-state index contributed by atoms with van der Waals surface area (Å²) in [6.45, 7) is 2.25. The van der Waals surface area contributed by atoms with Crippen molar-refractivity contribution in [1.29, 1.82) is 0 Å². The van der Waals surface area contributed by atoms with E-state index in [1.54, 1.807) is 12.1 Å². The Morgan fingerprint density at radius 2 is 1.97 bits per heavy atom. The van der Waals surface area contributed by atoms with Crippen LogP contribution in [0.2, 0.25) is 5.02 Å². The van der Waals surface area contributed by atoms with E-state index in [1.165, 1.54) is 41.7 Å². The minimum Gasteiger partial charge on any atom is -0.333 e. The topological polar surface area (TPSA) is 58.4 Å². The summed E-state index contributed by atoms with van der Waals surface area (Å²) in [5, 5.41) is 5.32. The molecule has 0 atom stereocenters. The number of hydrogen-bond acceptors (Lipinski definition) is 3. The number of nitrogens with zero attached hydrogens (tertiary/aromatic N) is 2. The van der Waals surface area contributed by atoms with Crippen molar-refractivity contribution in [3.05, 3.63) is 75.9 Å². The van der Waals surface area contributed by atoms with Crippen molar-refractivity contribution in [2.75, 3.05) is 5.32 Å². The molecule has 2 aromatic heterocycles. The first-order valence-corrected chi connectivity index (χ1v) is 9.83. The molecule has 0 radical (unpaired) electrons. The van der Waals surface area contributed by atoms with Crippen LogP contribution in [0.15, 0.2) is 48.7 Å². The molecule has 0 saturated carbocycles. The van der Waals surface area contributed by atoms with Gasteiger partial charge in [0.2, 0.25) is 0 Å². The van der Waals surface area contributed by atoms with Gasteiger partial charge in [0.1, 0.15) is 11.6 Å². The molecule has 2 aromatic carbocycles. The van der Waals surface area contributed by atoms with Gasteiger partial charge in [0.05, 0.1) is 17.3 Å². The van der Waals surface area contributed by atoms with Crippen LogP contribution in [0.25, 0.3) is 16.2 Å². The van der Waals surface area contributed by atoms with Crippen molar-refractivity contribution in [1.82, 2.24) is 14.7 Å². The molecule has 0 unspecified atom stereocenters. The Morgan fingerprint density at radius 3 is 2.66 bits per heavy atom. The van der Waals surface area contributed by atoms with E-state index in [2.05, 4.69) is 15.6 Å². The normalized spacial score (nSPS) is 11.0. The number of carbonyl (C=O) groups excluding carboxylic acids is 1. The van der Waals surface area contributed by atoms with Gasteiger partial charge >= 0.3 is 6.03 Å². The van der Waals surface area contributed by atoms with Crippen LogP contribution in [0.1, 0.15) is 10.6 Å². The molecule has 5 nitrogen and oxygen atoms in total. The lowest BCUT2D eigenvalue weighted by Gasteiger charge is -2.08. The SMILES string of the molecule is Cc1c(CNC(=O)Nc2ccc(F)c(Cl)c2)sc2nc(-c3ccc(F)cc3)cn12. The predicted octanol–water partition coefficient (Wildman–Crippen LogP) is 5.62. The van der Waals surface area contributed by atoms with Gasteiger partial charge in [0.15, 0.2) is 4.96 Å². The van der Waals surface area contributed by atoms with E-state index >= 15 is 0 Å². The minimum absolute atomic E-state index is 0.0601. The van der Waals surface area contributed by atoms with Gasteiger partial charge < -0.3 is 10.6 Å². The lowest BCUT2D eigenvalue weighted by atomic mass is 10.2. The molecular weight excluding hydrogens is 418 g/mol. The molecule has 0 bridgehead atoms.